The minimum Gasteiger partial charge on any atom is -0.497 e. The lowest BCUT2D eigenvalue weighted by Gasteiger charge is -2.23. The van der Waals surface area contributed by atoms with Gasteiger partial charge in [0.05, 0.1) is 30.5 Å². The van der Waals surface area contributed by atoms with Crippen LogP contribution < -0.4 is 14.4 Å². The average Bonchev–Trinajstić information content (AvgIpc) is 3.36. The minimum absolute atomic E-state index is 0.0274. The second-order valence-electron chi connectivity index (χ2n) is 8.00. The van der Waals surface area contributed by atoms with Crippen molar-refractivity contribution in [2.45, 2.75) is 44.2 Å². The SMILES string of the molecule is COc1ccc(CN(c2nccs2)S(=O)(=O)c2cc(Cl)c(NCCCC(C)OC)cc2F)c(C)c1. The Hall–Kier alpha value is -2.40. The van der Waals surface area contributed by atoms with Crippen LogP contribution in [0.4, 0.5) is 15.2 Å². The molecule has 3 rings (SSSR count). The minimum atomic E-state index is -4.32. The molecule has 1 heterocycles. The molecule has 0 fully saturated rings. The first-order chi connectivity index (χ1) is 16.7. The van der Waals surface area contributed by atoms with Crippen LogP contribution >= 0.6 is 22.9 Å². The van der Waals surface area contributed by atoms with Gasteiger partial charge in [-0.25, -0.2) is 22.1 Å². The van der Waals surface area contributed by atoms with Crippen molar-refractivity contribution in [3.63, 3.8) is 0 Å². The fraction of sp³-hybridized carbons (Fsp3) is 0.375. The van der Waals surface area contributed by atoms with Crippen LogP contribution in [-0.2, 0) is 21.3 Å². The molecule has 0 bridgehead atoms. The summed E-state index contributed by atoms with van der Waals surface area (Å²) in [7, 11) is -1.11. The Kier molecular flexibility index (Phi) is 9.34. The highest BCUT2D eigenvalue weighted by Gasteiger charge is 2.31. The van der Waals surface area contributed by atoms with Crippen LogP contribution in [0.25, 0.3) is 0 Å². The number of methoxy groups -OCH3 is 2. The van der Waals surface area contributed by atoms with E-state index < -0.39 is 20.7 Å². The van der Waals surface area contributed by atoms with Crippen molar-refractivity contribution < 1.29 is 22.3 Å². The summed E-state index contributed by atoms with van der Waals surface area (Å²) in [4.78, 5) is 3.66. The van der Waals surface area contributed by atoms with Gasteiger partial charge in [0.1, 0.15) is 16.5 Å². The third-order valence-corrected chi connectivity index (χ3v) is 8.56. The molecule has 1 atom stereocenters. The van der Waals surface area contributed by atoms with Crippen molar-refractivity contribution in [3.05, 3.63) is 63.9 Å². The Morgan fingerprint density at radius 2 is 2.03 bits per heavy atom. The number of nitrogens with zero attached hydrogens (tertiary/aromatic N) is 2. The molecule has 0 amide bonds. The van der Waals surface area contributed by atoms with E-state index in [-0.39, 0.29) is 22.8 Å². The summed E-state index contributed by atoms with van der Waals surface area (Å²) < 4.78 is 54.0. The summed E-state index contributed by atoms with van der Waals surface area (Å²) in [5.74, 6) is -0.234. The Morgan fingerprint density at radius 1 is 1.26 bits per heavy atom. The zero-order valence-corrected chi connectivity index (χ0v) is 22.4. The molecule has 0 spiro atoms. The third kappa shape index (κ3) is 6.63. The number of thiazole rings is 1. The number of rotatable bonds is 12. The van der Waals surface area contributed by atoms with Crippen molar-refractivity contribution >= 4 is 43.8 Å². The highest BCUT2D eigenvalue weighted by atomic mass is 35.5. The van der Waals surface area contributed by atoms with Crippen LogP contribution in [0.15, 0.2) is 46.8 Å². The normalized spacial score (nSPS) is 12.4. The van der Waals surface area contributed by atoms with Crippen molar-refractivity contribution in [1.29, 1.82) is 0 Å². The van der Waals surface area contributed by atoms with Crippen LogP contribution in [0, 0.1) is 12.7 Å². The van der Waals surface area contributed by atoms with Gasteiger partial charge in [0.15, 0.2) is 5.13 Å². The fourth-order valence-corrected chi connectivity index (χ4v) is 6.07. The molecule has 1 N–H and O–H groups in total. The van der Waals surface area contributed by atoms with E-state index in [1.807, 2.05) is 19.9 Å². The molecule has 0 radical (unpaired) electrons. The molecule has 0 saturated carbocycles. The van der Waals surface area contributed by atoms with E-state index in [0.29, 0.717) is 18.0 Å². The Labute approximate surface area is 214 Å². The summed E-state index contributed by atoms with van der Waals surface area (Å²) in [6, 6.07) is 7.61. The first-order valence-electron chi connectivity index (χ1n) is 11.0. The summed E-state index contributed by atoms with van der Waals surface area (Å²) in [6.07, 6.45) is 3.22. The lowest BCUT2D eigenvalue weighted by Crippen LogP contribution is -2.31. The van der Waals surface area contributed by atoms with Crippen molar-refractivity contribution in [1.82, 2.24) is 4.98 Å². The molecule has 11 heteroatoms. The maximum absolute atomic E-state index is 15.2. The fourth-order valence-electron chi connectivity index (χ4n) is 3.43. The smallest absolute Gasteiger partial charge is 0.269 e. The third-order valence-electron chi connectivity index (χ3n) is 5.59. The number of aromatic nitrogens is 1. The number of anilines is 2. The van der Waals surface area contributed by atoms with E-state index in [9.17, 15) is 8.42 Å². The summed E-state index contributed by atoms with van der Waals surface area (Å²) in [5, 5.41) is 5.08. The van der Waals surface area contributed by atoms with Crippen LogP contribution in [0.3, 0.4) is 0 Å². The molecule has 1 aromatic heterocycles. The Balaban J connectivity index is 1.90. The maximum atomic E-state index is 15.2. The molecule has 0 aliphatic rings. The number of hydrogen-bond donors (Lipinski definition) is 1. The number of sulfonamides is 1. The number of benzene rings is 2. The van der Waals surface area contributed by atoms with Gasteiger partial charge in [-0.1, -0.05) is 17.7 Å². The summed E-state index contributed by atoms with van der Waals surface area (Å²) >= 11 is 7.51. The van der Waals surface area contributed by atoms with E-state index in [1.54, 1.807) is 31.7 Å². The monoisotopic (exact) mass is 541 g/mol. The van der Waals surface area contributed by atoms with Gasteiger partial charge in [-0.05, 0) is 62.1 Å². The molecular formula is C24H29ClFN3O4S2. The molecule has 0 aliphatic carbocycles. The maximum Gasteiger partial charge on any atom is 0.269 e. The molecule has 2 aromatic carbocycles. The van der Waals surface area contributed by atoms with Crippen LogP contribution in [0.1, 0.15) is 30.9 Å². The lowest BCUT2D eigenvalue weighted by molar-refractivity contribution is 0.110. The van der Waals surface area contributed by atoms with Gasteiger partial charge in [-0.15, -0.1) is 11.3 Å². The van der Waals surface area contributed by atoms with Crippen molar-refractivity contribution in [2.24, 2.45) is 0 Å². The first-order valence-corrected chi connectivity index (χ1v) is 13.7. The molecule has 35 heavy (non-hydrogen) atoms. The van der Waals surface area contributed by atoms with Gasteiger partial charge < -0.3 is 14.8 Å². The van der Waals surface area contributed by atoms with E-state index in [2.05, 4.69) is 10.3 Å². The summed E-state index contributed by atoms with van der Waals surface area (Å²) in [5.41, 5.74) is 1.90. The number of aryl methyl sites for hydroxylation is 1. The van der Waals surface area contributed by atoms with E-state index in [4.69, 9.17) is 21.1 Å². The van der Waals surface area contributed by atoms with Crippen LogP contribution in [-0.4, -0.2) is 40.3 Å². The predicted molar refractivity (Wildman–Crippen MR) is 139 cm³/mol. The number of nitrogens with one attached hydrogen (secondary N) is 1. The second kappa shape index (κ2) is 12.0. The Bertz CT molecular complexity index is 1240. The van der Waals surface area contributed by atoms with Crippen LogP contribution in [0.5, 0.6) is 5.75 Å². The first kappa shape index (κ1) is 27.2. The van der Waals surface area contributed by atoms with Crippen molar-refractivity contribution in [2.75, 3.05) is 30.4 Å². The molecule has 0 saturated heterocycles. The zero-order valence-electron chi connectivity index (χ0n) is 20.0. The highest BCUT2D eigenvalue weighted by Crippen LogP contribution is 2.34. The molecule has 0 aliphatic heterocycles. The van der Waals surface area contributed by atoms with E-state index in [1.165, 1.54) is 6.20 Å². The van der Waals surface area contributed by atoms with Gasteiger partial charge in [0.25, 0.3) is 10.0 Å². The van der Waals surface area contributed by atoms with Gasteiger partial charge in [-0.2, -0.15) is 0 Å². The van der Waals surface area contributed by atoms with E-state index in [0.717, 1.165) is 51.7 Å². The van der Waals surface area contributed by atoms with Gasteiger partial charge in [-0.3, -0.25) is 0 Å². The second-order valence-corrected chi connectivity index (χ2v) is 11.1. The largest absolute Gasteiger partial charge is 0.497 e. The topological polar surface area (TPSA) is 80.8 Å². The van der Waals surface area contributed by atoms with Crippen molar-refractivity contribution in [3.8, 4) is 5.75 Å². The number of halogens is 2. The standard InChI is InChI=1S/C24H29ClFN3O4S2/c1-16-12-19(33-4)8-7-18(16)15-29(24-28-10-11-34-24)35(30,31)23-13-20(25)22(14-21(23)26)27-9-5-6-17(2)32-3/h7-8,10-14,17,27H,5-6,9,15H2,1-4H3. The molecule has 190 valence electrons. The number of ether oxygens (including phenoxy) is 2. The quantitative estimate of drug-likeness (QED) is 0.289. The average molecular weight is 542 g/mol. The van der Waals surface area contributed by atoms with Crippen LogP contribution in [0.2, 0.25) is 5.02 Å². The Morgan fingerprint density at radius 3 is 2.66 bits per heavy atom. The highest BCUT2D eigenvalue weighted by molar-refractivity contribution is 7.93. The molecular weight excluding hydrogens is 513 g/mol. The predicted octanol–water partition coefficient (Wildman–Crippen LogP) is 5.88. The summed E-state index contributed by atoms with van der Waals surface area (Å²) in [6.45, 7) is 4.34. The van der Waals surface area contributed by atoms with Gasteiger partial charge in [0, 0.05) is 25.2 Å². The van der Waals surface area contributed by atoms with Gasteiger partial charge in [0.2, 0.25) is 0 Å². The molecule has 7 nitrogen and oxygen atoms in total. The van der Waals surface area contributed by atoms with E-state index >= 15 is 4.39 Å². The lowest BCUT2D eigenvalue weighted by atomic mass is 10.1. The molecule has 1 unspecified atom stereocenters. The zero-order chi connectivity index (χ0) is 25.6. The number of hydrogen-bond acceptors (Lipinski definition) is 7. The molecule has 3 aromatic rings. The van der Waals surface area contributed by atoms with Gasteiger partial charge >= 0.3 is 0 Å².